The molecule has 0 N–H and O–H groups in total. The number of fused-ring (bicyclic) bond motifs is 1. The van der Waals surface area contributed by atoms with E-state index in [1.54, 1.807) is 18.2 Å². The minimum absolute atomic E-state index is 0.348. The number of hydrogen-bond acceptors (Lipinski definition) is 1. The molecule has 0 spiro atoms. The lowest BCUT2D eigenvalue weighted by Crippen LogP contribution is -1.82. The highest BCUT2D eigenvalue weighted by Crippen LogP contribution is 2.20. The molecule has 3 heteroatoms. The van der Waals surface area contributed by atoms with Crippen molar-refractivity contribution < 1.29 is 4.39 Å². The van der Waals surface area contributed by atoms with Gasteiger partial charge in [-0.1, -0.05) is 11.6 Å². The molecule has 2 aromatic rings. The third-order valence-corrected chi connectivity index (χ3v) is 1.80. The molecule has 0 saturated carbocycles. The van der Waals surface area contributed by atoms with E-state index in [-0.39, 0.29) is 5.82 Å². The SMILES string of the molecule is Fc1cc(Cl)cc2n[c]ccc12. The van der Waals surface area contributed by atoms with Crippen LogP contribution in [0, 0.1) is 12.0 Å². The summed E-state index contributed by atoms with van der Waals surface area (Å²) in [5, 5.41) is 0.824. The lowest BCUT2D eigenvalue weighted by Gasteiger charge is -1.97. The van der Waals surface area contributed by atoms with E-state index in [1.807, 2.05) is 0 Å². The second-order valence-corrected chi connectivity index (χ2v) is 2.83. The number of benzene rings is 1. The molecule has 1 aromatic heterocycles. The van der Waals surface area contributed by atoms with Gasteiger partial charge in [0.1, 0.15) is 5.82 Å². The number of nitrogens with zero attached hydrogens (tertiary/aromatic N) is 1. The number of pyridine rings is 1. The van der Waals surface area contributed by atoms with Crippen LogP contribution in [0.25, 0.3) is 10.9 Å². The maximum atomic E-state index is 13.1. The molecule has 1 aromatic carbocycles. The molecule has 2 rings (SSSR count). The summed E-state index contributed by atoms with van der Waals surface area (Å²) in [5.74, 6) is -0.348. The average Bonchev–Trinajstić information content (AvgIpc) is 2.04. The first-order chi connectivity index (χ1) is 5.77. The molecule has 0 fully saturated rings. The molecule has 12 heavy (non-hydrogen) atoms. The molecule has 0 aliphatic carbocycles. The fraction of sp³-hybridized carbons (Fsp3) is 0. The molecule has 1 heterocycles. The Morgan fingerprint density at radius 1 is 1.42 bits per heavy atom. The van der Waals surface area contributed by atoms with Gasteiger partial charge in [0.25, 0.3) is 0 Å². The quantitative estimate of drug-likeness (QED) is 0.608. The van der Waals surface area contributed by atoms with Crippen LogP contribution in [0.4, 0.5) is 4.39 Å². The number of rotatable bonds is 0. The van der Waals surface area contributed by atoms with E-state index in [9.17, 15) is 4.39 Å². The Morgan fingerprint density at radius 3 is 3.08 bits per heavy atom. The molecule has 1 radical (unpaired) electrons. The summed E-state index contributed by atoms with van der Waals surface area (Å²) in [5.41, 5.74) is 0.530. The maximum Gasteiger partial charge on any atom is 0.134 e. The Bertz CT molecular complexity index is 428. The summed E-state index contributed by atoms with van der Waals surface area (Å²) in [6.45, 7) is 0. The topological polar surface area (TPSA) is 12.9 Å². The van der Waals surface area contributed by atoms with E-state index in [4.69, 9.17) is 11.6 Å². The molecular weight excluding hydrogens is 177 g/mol. The van der Waals surface area contributed by atoms with Gasteiger partial charge in [-0.05, 0) is 24.3 Å². The summed E-state index contributed by atoms with van der Waals surface area (Å²) in [6, 6.07) is 6.06. The highest BCUT2D eigenvalue weighted by molar-refractivity contribution is 6.31. The molecule has 0 aliphatic rings. The standard InChI is InChI=1S/C9H4ClFN/c10-6-4-8(11)7-2-1-3-12-9(7)5-6/h1-2,4-5H. The van der Waals surface area contributed by atoms with Gasteiger partial charge in [0, 0.05) is 10.4 Å². The van der Waals surface area contributed by atoms with Crippen molar-refractivity contribution >= 4 is 22.5 Å². The van der Waals surface area contributed by atoms with Gasteiger partial charge >= 0.3 is 0 Å². The lowest BCUT2D eigenvalue weighted by atomic mass is 10.2. The maximum absolute atomic E-state index is 13.1. The summed E-state index contributed by atoms with van der Waals surface area (Å²) >= 11 is 5.63. The van der Waals surface area contributed by atoms with Gasteiger partial charge < -0.3 is 0 Å². The van der Waals surface area contributed by atoms with Crippen molar-refractivity contribution in [3.8, 4) is 0 Å². The van der Waals surface area contributed by atoms with E-state index < -0.39 is 0 Å². The van der Waals surface area contributed by atoms with Gasteiger partial charge in [0.05, 0.1) is 11.7 Å². The van der Waals surface area contributed by atoms with Crippen molar-refractivity contribution in [2.45, 2.75) is 0 Å². The normalized spacial score (nSPS) is 10.5. The van der Waals surface area contributed by atoms with Crippen LogP contribution >= 0.6 is 11.6 Å². The van der Waals surface area contributed by atoms with Crippen LogP contribution in [-0.4, -0.2) is 4.98 Å². The predicted molar refractivity (Wildman–Crippen MR) is 45.5 cm³/mol. The van der Waals surface area contributed by atoms with Crippen molar-refractivity contribution in [3.63, 3.8) is 0 Å². The van der Waals surface area contributed by atoms with E-state index in [1.165, 1.54) is 6.07 Å². The Labute approximate surface area is 73.8 Å². The minimum atomic E-state index is -0.348. The van der Waals surface area contributed by atoms with Gasteiger partial charge in [-0.3, -0.25) is 0 Å². The van der Waals surface area contributed by atoms with Gasteiger partial charge in [0.15, 0.2) is 0 Å². The number of hydrogen-bond donors (Lipinski definition) is 0. The summed E-state index contributed by atoms with van der Waals surface area (Å²) in [6.07, 6.45) is 2.61. The Kier molecular flexibility index (Phi) is 1.70. The number of halogens is 2. The van der Waals surface area contributed by atoms with Gasteiger partial charge in [-0.25, -0.2) is 9.37 Å². The van der Waals surface area contributed by atoms with E-state index in [0.717, 1.165) is 0 Å². The molecule has 59 valence electrons. The number of aromatic nitrogens is 1. The molecule has 0 aliphatic heterocycles. The van der Waals surface area contributed by atoms with Crippen molar-refractivity contribution in [3.05, 3.63) is 41.3 Å². The van der Waals surface area contributed by atoms with Crippen LogP contribution in [0.15, 0.2) is 24.3 Å². The highest BCUT2D eigenvalue weighted by atomic mass is 35.5. The van der Waals surface area contributed by atoms with Crippen molar-refractivity contribution in [1.82, 2.24) is 4.98 Å². The zero-order valence-corrected chi connectivity index (χ0v) is 6.77. The molecule has 0 atom stereocenters. The monoisotopic (exact) mass is 180 g/mol. The van der Waals surface area contributed by atoms with Gasteiger partial charge in [-0.15, -0.1) is 0 Å². The van der Waals surface area contributed by atoms with Crippen LogP contribution in [0.2, 0.25) is 5.02 Å². The Morgan fingerprint density at radius 2 is 2.25 bits per heavy atom. The first-order valence-corrected chi connectivity index (χ1v) is 3.77. The van der Waals surface area contributed by atoms with Crippen molar-refractivity contribution in [2.24, 2.45) is 0 Å². The fourth-order valence-corrected chi connectivity index (χ4v) is 1.26. The second kappa shape index (κ2) is 2.72. The lowest BCUT2D eigenvalue weighted by molar-refractivity contribution is 0.639. The van der Waals surface area contributed by atoms with Crippen LogP contribution in [0.1, 0.15) is 0 Å². The Balaban J connectivity index is 2.89. The van der Waals surface area contributed by atoms with Crippen LogP contribution in [-0.2, 0) is 0 Å². The average molecular weight is 181 g/mol. The minimum Gasteiger partial charge on any atom is -0.246 e. The Hall–Kier alpha value is -1.15. The van der Waals surface area contributed by atoms with Crippen LogP contribution < -0.4 is 0 Å². The molecule has 0 saturated heterocycles. The van der Waals surface area contributed by atoms with Crippen molar-refractivity contribution in [1.29, 1.82) is 0 Å². The first kappa shape index (κ1) is 7.50. The molecular formula is C9H4ClFN. The third kappa shape index (κ3) is 1.14. The summed E-state index contributed by atoms with van der Waals surface area (Å²) in [4.78, 5) is 3.85. The smallest absolute Gasteiger partial charge is 0.134 e. The van der Waals surface area contributed by atoms with Gasteiger partial charge in [0.2, 0.25) is 0 Å². The van der Waals surface area contributed by atoms with E-state index in [2.05, 4.69) is 11.2 Å². The van der Waals surface area contributed by atoms with E-state index >= 15 is 0 Å². The molecule has 0 unspecified atom stereocenters. The third-order valence-electron chi connectivity index (χ3n) is 1.58. The van der Waals surface area contributed by atoms with Crippen molar-refractivity contribution in [2.75, 3.05) is 0 Å². The zero-order valence-electron chi connectivity index (χ0n) is 6.01. The molecule has 1 nitrogen and oxygen atoms in total. The van der Waals surface area contributed by atoms with Crippen LogP contribution in [0.3, 0.4) is 0 Å². The molecule has 0 bridgehead atoms. The summed E-state index contributed by atoms with van der Waals surface area (Å²) in [7, 11) is 0. The van der Waals surface area contributed by atoms with E-state index in [0.29, 0.717) is 15.9 Å². The fourth-order valence-electron chi connectivity index (χ4n) is 1.06. The summed E-state index contributed by atoms with van der Waals surface area (Å²) < 4.78 is 13.1. The predicted octanol–water partition coefficient (Wildman–Crippen LogP) is 2.83. The zero-order chi connectivity index (χ0) is 8.55. The largest absolute Gasteiger partial charge is 0.246 e. The molecule has 0 amide bonds. The second-order valence-electron chi connectivity index (χ2n) is 2.39. The highest BCUT2D eigenvalue weighted by Gasteiger charge is 2.01. The van der Waals surface area contributed by atoms with Crippen LogP contribution in [0.5, 0.6) is 0 Å². The first-order valence-electron chi connectivity index (χ1n) is 3.39. The van der Waals surface area contributed by atoms with Gasteiger partial charge in [-0.2, -0.15) is 0 Å².